The van der Waals surface area contributed by atoms with Crippen LogP contribution in [0, 0.1) is 10.1 Å². The van der Waals surface area contributed by atoms with Gasteiger partial charge in [-0.3, -0.25) is 10.1 Å². The fourth-order valence-electron chi connectivity index (χ4n) is 2.04. The monoisotopic (exact) mass is 319 g/mol. The molecular weight excluding hydrogens is 302 g/mol. The van der Waals surface area contributed by atoms with E-state index in [4.69, 9.17) is 18.9 Å². The third-order valence-electron chi connectivity index (χ3n) is 3.23. The lowest BCUT2D eigenvalue weighted by Crippen LogP contribution is -2.01. The van der Waals surface area contributed by atoms with E-state index in [0.29, 0.717) is 17.2 Å². The summed E-state index contributed by atoms with van der Waals surface area (Å²) in [6, 6.07) is 9.50. The number of hydrogen-bond donors (Lipinski definition) is 0. The Labute approximate surface area is 133 Å². The van der Waals surface area contributed by atoms with E-state index >= 15 is 0 Å². The van der Waals surface area contributed by atoms with Crippen molar-refractivity contribution >= 4 is 5.69 Å². The minimum atomic E-state index is -0.488. The number of nitro groups is 1. The van der Waals surface area contributed by atoms with Crippen LogP contribution in [0.5, 0.6) is 23.0 Å². The number of ether oxygens (including phenoxy) is 4. The minimum Gasteiger partial charge on any atom is -0.497 e. The lowest BCUT2D eigenvalue weighted by molar-refractivity contribution is -0.385. The molecule has 0 amide bonds. The topological polar surface area (TPSA) is 80.1 Å². The third-order valence-corrected chi connectivity index (χ3v) is 3.23. The molecule has 0 aliphatic heterocycles. The van der Waals surface area contributed by atoms with Gasteiger partial charge in [0.1, 0.15) is 18.1 Å². The molecule has 0 aliphatic rings. The van der Waals surface area contributed by atoms with Crippen molar-refractivity contribution in [3.63, 3.8) is 0 Å². The Kier molecular flexibility index (Phi) is 5.24. The molecule has 0 heterocycles. The number of non-ortho nitro benzene ring substituents is 1. The van der Waals surface area contributed by atoms with Gasteiger partial charge >= 0.3 is 0 Å². The molecule has 7 heteroatoms. The molecule has 0 fully saturated rings. The van der Waals surface area contributed by atoms with E-state index in [9.17, 15) is 10.1 Å². The van der Waals surface area contributed by atoms with Crippen molar-refractivity contribution < 1.29 is 23.9 Å². The molecule has 0 radical (unpaired) electrons. The lowest BCUT2D eigenvalue weighted by atomic mass is 10.2. The summed E-state index contributed by atoms with van der Waals surface area (Å²) in [6.45, 7) is 0.151. The van der Waals surface area contributed by atoms with Crippen molar-refractivity contribution in [3.05, 3.63) is 52.1 Å². The highest BCUT2D eigenvalue weighted by Gasteiger charge is 2.14. The first-order chi connectivity index (χ1) is 11.1. The predicted octanol–water partition coefficient (Wildman–Crippen LogP) is 3.20. The molecule has 0 saturated heterocycles. The van der Waals surface area contributed by atoms with E-state index < -0.39 is 4.92 Å². The minimum absolute atomic E-state index is 0.0709. The number of methoxy groups -OCH3 is 3. The summed E-state index contributed by atoms with van der Waals surface area (Å²) in [7, 11) is 4.59. The summed E-state index contributed by atoms with van der Waals surface area (Å²) in [6.07, 6.45) is 0. The van der Waals surface area contributed by atoms with Gasteiger partial charge in [-0.25, -0.2) is 0 Å². The van der Waals surface area contributed by atoms with Crippen LogP contribution in [0.2, 0.25) is 0 Å². The fraction of sp³-hybridized carbons (Fsp3) is 0.250. The van der Waals surface area contributed by atoms with Crippen LogP contribution in [0.3, 0.4) is 0 Å². The van der Waals surface area contributed by atoms with E-state index in [1.165, 1.54) is 25.3 Å². The zero-order valence-electron chi connectivity index (χ0n) is 13.1. The summed E-state index contributed by atoms with van der Waals surface area (Å²) < 4.78 is 21.3. The molecule has 2 rings (SSSR count). The Morgan fingerprint density at radius 3 is 2.22 bits per heavy atom. The van der Waals surface area contributed by atoms with Crippen molar-refractivity contribution in [3.8, 4) is 23.0 Å². The molecule has 2 aromatic rings. The van der Waals surface area contributed by atoms with Gasteiger partial charge in [-0.1, -0.05) is 0 Å². The van der Waals surface area contributed by atoms with Crippen LogP contribution < -0.4 is 18.9 Å². The van der Waals surface area contributed by atoms with Crippen LogP contribution in [0.4, 0.5) is 5.69 Å². The van der Waals surface area contributed by atoms with Gasteiger partial charge in [0.05, 0.1) is 32.3 Å². The standard InChI is InChI=1S/C16H17NO6/c1-20-13-5-7-14(21-2)11(8-13)10-23-16-9-12(17(18)19)4-6-15(16)22-3/h4-9H,10H2,1-3H3. The molecule has 0 bridgehead atoms. The van der Waals surface area contributed by atoms with Gasteiger partial charge in [-0.2, -0.15) is 0 Å². The van der Waals surface area contributed by atoms with E-state index in [2.05, 4.69) is 0 Å². The predicted molar refractivity (Wildman–Crippen MR) is 83.5 cm³/mol. The molecule has 0 spiro atoms. The number of nitrogens with zero attached hydrogens (tertiary/aromatic N) is 1. The highest BCUT2D eigenvalue weighted by atomic mass is 16.6. The van der Waals surface area contributed by atoms with Crippen molar-refractivity contribution in [2.75, 3.05) is 21.3 Å². The number of nitro benzene ring substituents is 1. The summed E-state index contributed by atoms with van der Waals surface area (Å²) in [5.41, 5.74) is 0.679. The number of hydrogen-bond acceptors (Lipinski definition) is 6. The Bertz CT molecular complexity index is 701. The molecule has 7 nitrogen and oxygen atoms in total. The smallest absolute Gasteiger partial charge is 0.273 e. The summed E-state index contributed by atoms with van der Waals surface area (Å²) in [4.78, 5) is 10.4. The SMILES string of the molecule is COc1ccc(OC)c(COc2cc([N+](=O)[O-])ccc2OC)c1. The zero-order chi connectivity index (χ0) is 16.8. The van der Waals surface area contributed by atoms with Crippen LogP contribution >= 0.6 is 0 Å². The van der Waals surface area contributed by atoms with Gasteiger partial charge in [0.15, 0.2) is 11.5 Å². The van der Waals surface area contributed by atoms with Gasteiger partial charge in [-0.05, 0) is 24.3 Å². The second-order valence-corrected chi connectivity index (χ2v) is 4.56. The maximum absolute atomic E-state index is 10.9. The van der Waals surface area contributed by atoms with Crippen LogP contribution in [0.15, 0.2) is 36.4 Å². The van der Waals surface area contributed by atoms with E-state index in [1.54, 1.807) is 32.4 Å². The largest absolute Gasteiger partial charge is 0.497 e. The van der Waals surface area contributed by atoms with Crippen molar-refractivity contribution in [2.45, 2.75) is 6.61 Å². The molecule has 0 saturated carbocycles. The van der Waals surface area contributed by atoms with Gasteiger partial charge < -0.3 is 18.9 Å². The normalized spacial score (nSPS) is 10.0. The quantitative estimate of drug-likeness (QED) is 0.576. The molecule has 122 valence electrons. The highest BCUT2D eigenvalue weighted by Crippen LogP contribution is 2.33. The first kappa shape index (κ1) is 16.4. The van der Waals surface area contributed by atoms with E-state index in [1.807, 2.05) is 0 Å². The lowest BCUT2D eigenvalue weighted by Gasteiger charge is -2.13. The first-order valence-electron chi connectivity index (χ1n) is 6.75. The maximum atomic E-state index is 10.9. The summed E-state index contributed by atoms with van der Waals surface area (Å²) >= 11 is 0. The second-order valence-electron chi connectivity index (χ2n) is 4.56. The zero-order valence-corrected chi connectivity index (χ0v) is 13.1. The molecule has 0 atom stereocenters. The average Bonchev–Trinajstić information content (AvgIpc) is 2.59. The van der Waals surface area contributed by atoms with Crippen LogP contribution in [0.1, 0.15) is 5.56 Å². The van der Waals surface area contributed by atoms with Crippen LogP contribution in [-0.2, 0) is 6.61 Å². The Balaban J connectivity index is 2.26. The molecule has 0 aromatic heterocycles. The van der Waals surface area contributed by atoms with Gasteiger partial charge in [-0.15, -0.1) is 0 Å². The van der Waals surface area contributed by atoms with Gasteiger partial charge in [0.2, 0.25) is 0 Å². The van der Waals surface area contributed by atoms with Crippen molar-refractivity contribution in [1.29, 1.82) is 0 Å². The number of rotatable bonds is 7. The second kappa shape index (κ2) is 7.35. The van der Waals surface area contributed by atoms with Crippen molar-refractivity contribution in [1.82, 2.24) is 0 Å². The molecule has 2 aromatic carbocycles. The molecule has 23 heavy (non-hydrogen) atoms. The Morgan fingerprint density at radius 1 is 0.913 bits per heavy atom. The average molecular weight is 319 g/mol. The first-order valence-corrected chi connectivity index (χ1v) is 6.75. The molecule has 0 unspecified atom stereocenters. The summed E-state index contributed by atoms with van der Waals surface area (Å²) in [5.74, 6) is 2.00. The van der Waals surface area contributed by atoms with E-state index in [-0.39, 0.29) is 18.0 Å². The fourth-order valence-corrected chi connectivity index (χ4v) is 2.04. The van der Waals surface area contributed by atoms with Crippen LogP contribution in [0.25, 0.3) is 0 Å². The number of benzene rings is 2. The third kappa shape index (κ3) is 3.82. The maximum Gasteiger partial charge on any atom is 0.273 e. The Hall–Kier alpha value is -2.96. The van der Waals surface area contributed by atoms with Crippen molar-refractivity contribution in [2.24, 2.45) is 0 Å². The molecular formula is C16H17NO6. The molecule has 0 aliphatic carbocycles. The van der Waals surface area contributed by atoms with Gasteiger partial charge in [0.25, 0.3) is 5.69 Å². The van der Waals surface area contributed by atoms with Crippen LogP contribution in [-0.4, -0.2) is 26.3 Å². The highest BCUT2D eigenvalue weighted by molar-refractivity contribution is 5.49. The van der Waals surface area contributed by atoms with E-state index in [0.717, 1.165) is 5.56 Å². The Morgan fingerprint density at radius 2 is 1.61 bits per heavy atom. The summed E-state index contributed by atoms with van der Waals surface area (Å²) in [5, 5.41) is 10.9. The van der Waals surface area contributed by atoms with Gasteiger partial charge in [0, 0.05) is 11.6 Å². The molecule has 0 N–H and O–H groups in total.